The maximum Gasteiger partial charge on any atom is 0.238 e. The van der Waals surface area contributed by atoms with E-state index in [2.05, 4.69) is 24.1 Å². The molecule has 0 spiro atoms. The van der Waals surface area contributed by atoms with Crippen LogP contribution in [-0.4, -0.2) is 30.4 Å². The van der Waals surface area contributed by atoms with E-state index in [1.165, 1.54) is 0 Å². The molecule has 1 amide bonds. The molecule has 2 aromatic carbocycles. The number of nitrogens with one attached hydrogen (secondary N) is 1. The fraction of sp³-hybridized carbons (Fsp3) is 0.381. The molecule has 0 aliphatic carbocycles. The van der Waals surface area contributed by atoms with Crippen LogP contribution in [0.5, 0.6) is 5.75 Å². The Morgan fingerprint density at radius 3 is 2.28 bits per heavy atom. The Kier molecular flexibility index (Phi) is 7.99. The molecule has 25 heavy (non-hydrogen) atoms. The number of anilines is 1. The van der Waals surface area contributed by atoms with Crippen molar-refractivity contribution in [1.29, 1.82) is 0 Å². The zero-order valence-electron chi connectivity index (χ0n) is 15.2. The van der Waals surface area contributed by atoms with Crippen LogP contribution < -0.4 is 10.1 Å². The highest BCUT2D eigenvalue weighted by atomic mass is 16.5. The number of ether oxygens (including phenoxy) is 1. The normalized spacial score (nSPS) is 10.7. The minimum absolute atomic E-state index is 0.00217. The lowest BCUT2D eigenvalue weighted by Crippen LogP contribution is -2.34. The molecular formula is C21H28N2O2. The summed E-state index contributed by atoms with van der Waals surface area (Å²) < 4.78 is 5.90. The first kappa shape index (κ1) is 19.0. The number of nitrogens with zero attached hydrogens (tertiary/aromatic N) is 1. The average molecular weight is 340 g/mol. The Morgan fingerprint density at radius 2 is 1.60 bits per heavy atom. The van der Waals surface area contributed by atoms with Crippen molar-refractivity contribution in [2.45, 2.75) is 33.3 Å². The second-order valence-corrected chi connectivity index (χ2v) is 6.09. The van der Waals surface area contributed by atoms with Gasteiger partial charge >= 0.3 is 0 Å². The zero-order chi connectivity index (χ0) is 17.9. The van der Waals surface area contributed by atoms with Gasteiger partial charge in [-0.15, -0.1) is 0 Å². The average Bonchev–Trinajstić information content (AvgIpc) is 2.62. The molecule has 0 aliphatic heterocycles. The number of carbonyl (C=O) groups is 1. The highest BCUT2D eigenvalue weighted by Gasteiger charge is 2.12. The SMILES string of the molecule is CCCN(CCC)CC(=O)Nc1ccccc1OCc1ccccc1. The summed E-state index contributed by atoms with van der Waals surface area (Å²) in [7, 11) is 0. The molecule has 0 saturated heterocycles. The Bertz CT molecular complexity index is 637. The third kappa shape index (κ3) is 6.59. The summed E-state index contributed by atoms with van der Waals surface area (Å²) in [5.41, 5.74) is 1.82. The maximum atomic E-state index is 12.4. The monoisotopic (exact) mass is 340 g/mol. The molecule has 0 aliphatic rings. The van der Waals surface area contributed by atoms with Gasteiger partial charge in [0.15, 0.2) is 0 Å². The van der Waals surface area contributed by atoms with E-state index >= 15 is 0 Å². The molecule has 2 aromatic rings. The molecule has 134 valence electrons. The van der Waals surface area contributed by atoms with Crippen LogP contribution in [0.2, 0.25) is 0 Å². The predicted molar refractivity (Wildman–Crippen MR) is 103 cm³/mol. The Morgan fingerprint density at radius 1 is 0.960 bits per heavy atom. The smallest absolute Gasteiger partial charge is 0.238 e. The zero-order valence-corrected chi connectivity index (χ0v) is 15.2. The van der Waals surface area contributed by atoms with Crippen LogP contribution in [0.1, 0.15) is 32.3 Å². The van der Waals surface area contributed by atoms with Crippen molar-refractivity contribution < 1.29 is 9.53 Å². The summed E-state index contributed by atoms with van der Waals surface area (Å²) in [6.07, 6.45) is 2.09. The first-order valence-electron chi connectivity index (χ1n) is 9.00. The van der Waals surface area contributed by atoms with Crippen LogP contribution in [0.4, 0.5) is 5.69 Å². The number of hydrogen-bond acceptors (Lipinski definition) is 3. The van der Waals surface area contributed by atoms with Gasteiger partial charge in [0.1, 0.15) is 12.4 Å². The summed E-state index contributed by atoms with van der Waals surface area (Å²) >= 11 is 0. The van der Waals surface area contributed by atoms with Crippen molar-refractivity contribution >= 4 is 11.6 Å². The van der Waals surface area contributed by atoms with E-state index in [1.807, 2.05) is 54.6 Å². The molecule has 2 rings (SSSR count). The quantitative estimate of drug-likeness (QED) is 0.700. The Labute approximate surface area is 150 Å². The summed E-state index contributed by atoms with van der Waals surface area (Å²) in [5, 5.41) is 2.99. The second kappa shape index (κ2) is 10.5. The van der Waals surface area contributed by atoms with Crippen LogP contribution in [0.3, 0.4) is 0 Å². The van der Waals surface area contributed by atoms with Crippen LogP contribution in [0, 0.1) is 0 Å². The van der Waals surface area contributed by atoms with E-state index in [1.54, 1.807) is 0 Å². The van der Waals surface area contributed by atoms with E-state index < -0.39 is 0 Å². The third-order valence-electron chi connectivity index (χ3n) is 3.85. The van der Waals surface area contributed by atoms with Gasteiger partial charge in [-0.25, -0.2) is 0 Å². The lowest BCUT2D eigenvalue weighted by molar-refractivity contribution is -0.117. The van der Waals surface area contributed by atoms with Crippen molar-refractivity contribution in [3.8, 4) is 5.75 Å². The van der Waals surface area contributed by atoms with E-state index in [9.17, 15) is 4.79 Å². The molecule has 0 unspecified atom stereocenters. The summed E-state index contributed by atoms with van der Waals surface area (Å²) in [6, 6.07) is 17.6. The lowest BCUT2D eigenvalue weighted by Gasteiger charge is -2.20. The van der Waals surface area contributed by atoms with Crippen molar-refractivity contribution in [2.75, 3.05) is 25.0 Å². The molecular weight excluding hydrogens is 312 g/mol. The second-order valence-electron chi connectivity index (χ2n) is 6.09. The van der Waals surface area contributed by atoms with Crippen molar-refractivity contribution in [1.82, 2.24) is 4.90 Å². The van der Waals surface area contributed by atoms with Gasteiger partial charge < -0.3 is 10.1 Å². The fourth-order valence-corrected chi connectivity index (χ4v) is 2.73. The van der Waals surface area contributed by atoms with Gasteiger partial charge in [-0.2, -0.15) is 0 Å². The van der Waals surface area contributed by atoms with Crippen LogP contribution in [0.15, 0.2) is 54.6 Å². The van der Waals surface area contributed by atoms with Gasteiger partial charge in [0, 0.05) is 0 Å². The van der Waals surface area contributed by atoms with E-state index in [-0.39, 0.29) is 5.91 Å². The lowest BCUT2D eigenvalue weighted by atomic mass is 10.2. The topological polar surface area (TPSA) is 41.6 Å². The highest BCUT2D eigenvalue weighted by Crippen LogP contribution is 2.24. The van der Waals surface area contributed by atoms with Crippen molar-refractivity contribution in [2.24, 2.45) is 0 Å². The maximum absolute atomic E-state index is 12.4. The first-order valence-corrected chi connectivity index (χ1v) is 9.00. The van der Waals surface area contributed by atoms with E-state index in [0.29, 0.717) is 18.9 Å². The van der Waals surface area contributed by atoms with Gasteiger partial charge in [-0.05, 0) is 43.6 Å². The number of para-hydroxylation sites is 2. The van der Waals surface area contributed by atoms with Crippen LogP contribution >= 0.6 is 0 Å². The van der Waals surface area contributed by atoms with Crippen molar-refractivity contribution in [3.05, 3.63) is 60.2 Å². The molecule has 4 nitrogen and oxygen atoms in total. The van der Waals surface area contributed by atoms with Gasteiger partial charge in [0.25, 0.3) is 0 Å². The van der Waals surface area contributed by atoms with Gasteiger partial charge in [0.2, 0.25) is 5.91 Å². The molecule has 1 N–H and O–H groups in total. The van der Waals surface area contributed by atoms with Gasteiger partial charge in [0.05, 0.1) is 12.2 Å². The molecule has 0 aromatic heterocycles. The van der Waals surface area contributed by atoms with E-state index in [0.717, 1.165) is 37.2 Å². The standard InChI is InChI=1S/C21H28N2O2/c1-3-14-23(15-4-2)16-21(24)22-19-12-8-9-13-20(19)25-17-18-10-6-5-7-11-18/h5-13H,3-4,14-17H2,1-2H3,(H,22,24). The minimum atomic E-state index is -0.00217. The van der Waals surface area contributed by atoms with Gasteiger partial charge in [-0.3, -0.25) is 9.69 Å². The largest absolute Gasteiger partial charge is 0.487 e. The minimum Gasteiger partial charge on any atom is -0.487 e. The molecule has 0 radical (unpaired) electrons. The first-order chi connectivity index (χ1) is 12.2. The number of amides is 1. The predicted octanol–water partition coefficient (Wildman–Crippen LogP) is 4.33. The molecule has 4 heteroatoms. The highest BCUT2D eigenvalue weighted by molar-refractivity contribution is 5.93. The number of hydrogen-bond donors (Lipinski definition) is 1. The Hall–Kier alpha value is -2.33. The number of rotatable bonds is 10. The number of benzene rings is 2. The molecule has 0 atom stereocenters. The van der Waals surface area contributed by atoms with Gasteiger partial charge in [-0.1, -0.05) is 56.3 Å². The van der Waals surface area contributed by atoms with Crippen molar-refractivity contribution in [3.63, 3.8) is 0 Å². The molecule has 0 heterocycles. The van der Waals surface area contributed by atoms with E-state index in [4.69, 9.17) is 4.74 Å². The fourth-order valence-electron chi connectivity index (χ4n) is 2.73. The molecule has 0 bridgehead atoms. The molecule has 0 fully saturated rings. The summed E-state index contributed by atoms with van der Waals surface area (Å²) in [5.74, 6) is 0.690. The molecule has 0 saturated carbocycles. The third-order valence-corrected chi connectivity index (χ3v) is 3.85. The van der Waals surface area contributed by atoms with Crippen LogP contribution in [-0.2, 0) is 11.4 Å². The van der Waals surface area contributed by atoms with Crippen LogP contribution in [0.25, 0.3) is 0 Å². The summed E-state index contributed by atoms with van der Waals surface area (Å²) in [4.78, 5) is 14.6. The Balaban J connectivity index is 1.96. The summed E-state index contributed by atoms with van der Waals surface area (Å²) in [6.45, 7) is 7.03. The number of carbonyl (C=O) groups excluding carboxylic acids is 1.